The average Bonchev–Trinajstić information content (AvgIpc) is 2.08. The maximum absolute atomic E-state index is 6.01. The fraction of sp³-hybridized carbons (Fsp3) is 0.400. The minimum atomic E-state index is 0.151. The number of hydrogen-bond donors (Lipinski definition) is 0. The number of hydrogen-bond acceptors (Lipinski definition) is 1. The average molecular weight is 264 g/mol. The third kappa shape index (κ3) is 2.89. The second-order valence-corrected chi connectivity index (χ2v) is 4.00. The van der Waals surface area contributed by atoms with Crippen LogP contribution < -0.4 is 4.74 Å². The molecule has 0 spiro atoms. The van der Waals surface area contributed by atoms with Gasteiger partial charge in [0.2, 0.25) is 0 Å². The molecule has 0 unspecified atom stereocenters. The SMILES string of the molecule is CC(C)Oc1c(Cl)cccc1CBr. The van der Waals surface area contributed by atoms with Gasteiger partial charge in [0, 0.05) is 10.9 Å². The van der Waals surface area contributed by atoms with Gasteiger partial charge in [0.15, 0.2) is 0 Å². The lowest BCUT2D eigenvalue weighted by Crippen LogP contribution is -2.07. The molecule has 0 atom stereocenters. The van der Waals surface area contributed by atoms with Gasteiger partial charge in [-0.3, -0.25) is 0 Å². The van der Waals surface area contributed by atoms with Gasteiger partial charge in [-0.1, -0.05) is 39.7 Å². The highest BCUT2D eigenvalue weighted by atomic mass is 79.9. The molecule has 13 heavy (non-hydrogen) atoms. The molecule has 72 valence electrons. The molecule has 1 nitrogen and oxygen atoms in total. The summed E-state index contributed by atoms with van der Waals surface area (Å²) >= 11 is 9.40. The van der Waals surface area contributed by atoms with Crippen LogP contribution in [0, 0.1) is 0 Å². The lowest BCUT2D eigenvalue weighted by molar-refractivity contribution is 0.241. The van der Waals surface area contributed by atoms with Crippen LogP contribution in [0.3, 0.4) is 0 Å². The molecule has 1 aromatic rings. The van der Waals surface area contributed by atoms with E-state index in [0.717, 1.165) is 16.6 Å². The first-order chi connectivity index (χ1) is 6.15. The van der Waals surface area contributed by atoms with Crippen molar-refractivity contribution < 1.29 is 4.74 Å². The van der Waals surface area contributed by atoms with Crippen molar-refractivity contribution in [1.29, 1.82) is 0 Å². The smallest absolute Gasteiger partial charge is 0.142 e. The monoisotopic (exact) mass is 262 g/mol. The zero-order valence-corrected chi connectivity index (χ0v) is 10.0. The molecule has 0 amide bonds. The van der Waals surface area contributed by atoms with E-state index in [1.54, 1.807) is 0 Å². The Kier molecular flexibility index (Phi) is 4.07. The van der Waals surface area contributed by atoms with Gasteiger partial charge >= 0.3 is 0 Å². The molecule has 0 radical (unpaired) electrons. The van der Waals surface area contributed by atoms with E-state index in [1.165, 1.54) is 0 Å². The van der Waals surface area contributed by atoms with E-state index in [-0.39, 0.29) is 6.10 Å². The number of benzene rings is 1. The van der Waals surface area contributed by atoms with Crippen LogP contribution in [0.1, 0.15) is 19.4 Å². The van der Waals surface area contributed by atoms with Crippen LogP contribution in [0.2, 0.25) is 5.02 Å². The van der Waals surface area contributed by atoms with Crippen molar-refractivity contribution in [2.75, 3.05) is 0 Å². The molecule has 0 aliphatic rings. The number of alkyl halides is 1. The molecule has 0 N–H and O–H groups in total. The predicted octanol–water partition coefficient (Wildman–Crippen LogP) is 4.02. The van der Waals surface area contributed by atoms with Crippen LogP contribution in [-0.2, 0) is 5.33 Å². The van der Waals surface area contributed by atoms with Gasteiger partial charge in [0.05, 0.1) is 11.1 Å². The molecule has 0 bridgehead atoms. The van der Waals surface area contributed by atoms with Gasteiger partial charge in [-0.2, -0.15) is 0 Å². The van der Waals surface area contributed by atoms with Crippen molar-refractivity contribution in [3.05, 3.63) is 28.8 Å². The first-order valence-corrected chi connectivity index (χ1v) is 5.65. The van der Waals surface area contributed by atoms with Crippen molar-refractivity contribution in [1.82, 2.24) is 0 Å². The zero-order chi connectivity index (χ0) is 9.84. The number of rotatable bonds is 3. The quantitative estimate of drug-likeness (QED) is 0.748. The van der Waals surface area contributed by atoms with Gasteiger partial charge in [-0.25, -0.2) is 0 Å². The highest BCUT2D eigenvalue weighted by Gasteiger charge is 2.08. The predicted molar refractivity (Wildman–Crippen MR) is 59.8 cm³/mol. The highest BCUT2D eigenvalue weighted by Crippen LogP contribution is 2.30. The van der Waals surface area contributed by atoms with E-state index in [9.17, 15) is 0 Å². The van der Waals surface area contributed by atoms with Gasteiger partial charge in [-0.05, 0) is 19.9 Å². The van der Waals surface area contributed by atoms with E-state index in [1.807, 2.05) is 32.0 Å². The number of ether oxygens (including phenoxy) is 1. The molecule has 0 aliphatic carbocycles. The second kappa shape index (κ2) is 4.87. The summed E-state index contributed by atoms with van der Waals surface area (Å²) in [6, 6.07) is 5.76. The summed E-state index contributed by atoms with van der Waals surface area (Å²) in [6.07, 6.45) is 0.151. The van der Waals surface area contributed by atoms with Crippen molar-refractivity contribution >= 4 is 27.5 Å². The van der Waals surface area contributed by atoms with Gasteiger partial charge in [0.25, 0.3) is 0 Å². The van der Waals surface area contributed by atoms with E-state index >= 15 is 0 Å². The van der Waals surface area contributed by atoms with Gasteiger partial charge < -0.3 is 4.74 Å². The van der Waals surface area contributed by atoms with Crippen molar-refractivity contribution in [2.45, 2.75) is 25.3 Å². The Morgan fingerprint density at radius 3 is 2.69 bits per heavy atom. The van der Waals surface area contributed by atoms with Crippen LogP contribution >= 0.6 is 27.5 Å². The summed E-state index contributed by atoms with van der Waals surface area (Å²) in [6.45, 7) is 3.97. The molecular weight excluding hydrogens is 251 g/mol. The van der Waals surface area contributed by atoms with E-state index in [2.05, 4.69) is 15.9 Å². The van der Waals surface area contributed by atoms with Crippen molar-refractivity contribution in [2.24, 2.45) is 0 Å². The van der Waals surface area contributed by atoms with E-state index in [4.69, 9.17) is 16.3 Å². The molecule has 1 rings (SSSR count). The van der Waals surface area contributed by atoms with Crippen LogP contribution in [0.25, 0.3) is 0 Å². The highest BCUT2D eigenvalue weighted by molar-refractivity contribution is 9.08. The molecule has 0 aromatic heterocycles. The summed E-state index contributed by atoms with van der Waals surface area (Å²) in [7, 11) is 0. The first-order valence-electron chi connectivity index (χ1n) is 4.15. The lowest BCUT2D eigenvalue weighted by atomic mass is 10.2. The molecule has 0 heterocycles. The minimum Gasteiger partial charge on any atom is -0.489 e. The topological polar surface area (TPSA) is 9.23 Å². The Labute approximate surface area is 92.2 Å². The first kappa shape index (κ1) is 10.9. The summed E-state index contributed by atoms with van der Waals surface area (Å²) in [4.78, 5) is 0. The summed E-state index contributed by atoms with van der Waals surface area (Å²) in [5.41, 5.74) is 1.08. The summed E-state index contributed by atoms with van der Waals surface area (Å²) in [5.74, 6) is 0.788. The molecule has 1 aromatic carbocycles. The van der Waals surface area contributed by atoms with Crippen LogP contribution in [0.5, 0.6) is 5.75 Å². The fourth-order valence-corrected chi connectivity index (χ4v) is 1.71. The largest absolute Gasteiger partial charge is 0.489 e. The Hall–Kier alpha value is -0.210. The lowest BCUT2D eigenvalue weighted by Gasteiger charge is -2.14. The van der Waals surface area contributed by atoms with Gasteiger partial charge in [0.1, 0.15) is 5.75 Å². The van der Waals surface area contributed by atoms with Crippen LogP contribution in [-0.4, -0.2) is 6.10 Å². The Balaban J connectivity index is 3.00. The molecule has 0 saturated heterocycles. The molecule has 0 fully saturated rings. The minimum absolute atomic E-state index is 0.151. The van der Waals surface area contributed by atoms with Crippen molar-refractivity contribution in [3.63, 3.8) is 0 Å². The Morgan fingerprint density at radius 1 is 1.46 bits per heavy atom. The third-order valence-corrected chi connectivity index (χ3v) is 2.45. The summed E-state index contributed by atoms with van der Waals surface area (Å²) in [5, 5.41) is 1.43. The summed E-state index contributed by atoms with van der Waals surface area (Å²) < 4.78 is 5.61. The Bertz CT molecular complexity index is 286. The molecule has 0 saturated carbocycles. The number of halogens is 2. The molecule has 3 heteroatoms. The van der Waals surface area contributed by atoms with E-state index < -0.39 is 0 Å². The standard InChI is InChI=1S/C10H12BrClO/c1-7(2)13-10-8(6-11)4-3-5-9(10)12/h3-5,7H,6H2,1-2H3. The van der Waals surface area contributed by atoms with Crippen LogP contribution in [0.4, 0.5) is 0 Å². The molecular formula is C10H12BrClO. The number of para-hydroxylation sites is 1. The maximum Gasteiger partial charge on any atom is 0.142 e. The van der Waals surface area contributed by atoms with Crippen molar-refractivity contribution in [3.8, 4) is 5.75 Å². The van der Waals surface area contributed by atoms with Crippen LogP contribution in [0.15, 0.2) is 18.2 Å². The zero-order valence-electron chi connectivity index (χ0n) is 7.68. The third-order valence-electron chi connectivity index (χ3n) is 1.55. The maximum atomic E-state index is 6.01. The molecule has 0 aliphatic heterocycles. The normalized spacial score (nSPS) is 10.5. The van der Waals surface area contributed by atoms with E-state index in [0.29, 0.717) is 5.02 Å². The fourth-order valence-electron chi connectivity index (χ4n) is 1.03. The van der Waals surface area contributed by atoms with Gasteiger partial charge in [-0.15, -0.1) is 0 Å². The Morgan fingerprint density at radius 2 is 2.15 bits per heavy atom. The second-order valence-electron chi connectivity index (χ2n) is 3.03.